The Labute approximate surface area is 182 Å². The van der Waals surface area contributed by atoms with E-state index in [9.17, 15) is 18.4 Å². The maximum atomic E-state index is 13.2. The molecule has 1 atom stereocenters. The highest BCUT2D eigenvalue weighted by molar-refractivity contribution is 7.89. The van der Waals surface area contributed by atoms with Gasteiger partial charge in [-0.25, -0.2) is 13.9 Å². The van der Waals surface area contributed by atoms with Gasteiger partial charge in [-0.3, -0.25) is 10.0 Å². The summed E-state index contributed by atoms with van der Waals surface area (Å²) in [5, 5.41) is 9.20. The molecule has 0 bridgehead atoms. The fourth-order valence-electron chi connectivity index (χ4n) is 4.03. The number of rotatable bonds is 6. The molecule has 2 N–H and O–H groups in total. The summed E-state index contributed by atoms with van der Waals surface area (Å²) in [6, 6.07) is 24.0. The van der Waals surface area contributed by atoms with E-state index in [0.717, 1.165) is 22.3 Å². The predicted molar refractivity (Wildman–Crippen MR) is 119 cm³/mol. The third-order valence-corrected chi connectivity index (χ3v) is 7.49. The minimum atomic E-state index is -3.73. The van der Waals surface area contributed by atoms with Crippen molar-refractivity contribution in [2.45, 2.75) is 18.9 Å². The number of aryl methyl sites for hydroxylation is 1. The first-order valence-corrected chi connectivity index (χ1v) is 11.8. The average molecular weight is 437 g/mol. The SMILES string of the molecule is O=C(NO)[C@H]1c2ccccc2CCN1S(=O)(=O)CCc1ccc(-c2ccccc2)cc1. The summed E-state index contributed by atoms with van der Waals surface area (Å²) in [7, 11) is -3.73. The average Bonchev–Trinajstić information content (AvgIpc) is 2.82. The van der Waals surface area contributed by atoms with Crippen LogP contribution in [0.15, 0.2) is 78.9 Å². The number of carbonyl (C=O) groups excluding carboxylic acids is 1. The fraction of sp³-hybridized carbons (Fsp3) is 0.208. The lowest BCUT2D eigenvalue weighted by atomic mass is 9.94. The van der Waals surface area contributed by atoms with Gasteiger partial charge in [0.1, 0.15) is 6.04 Å². The normalized spacial score (nSPS) is 16.5. The Kier molecular flexibility index (Phi) is 6.18. The van der Waals surface area contributed by atoms with E-state index in [1.165, 1.54) is 4.31 Å². The number of carbonyl (C=O) groups is 1. The van der Waals surface area contributed by atoms with Gasteiger partial charge in [0.15, 0.2) is 0 Å². The number of sulfonamides is 1. The Morgan fingerprint density at radius 1 is 0.935 bits per heavy atom. The summed E-state index contributed by atoms with van der Waals surface area (Å²) in [5.41, 5.74) is 6.23. The van der Waals surface area contributed by atoms with Gasteiger partial charge in [0.05, 0.1) is 5.75 Å². The monoisotopic (exact) mass is 436 g/mol. The van der Waals surface area contributed by atoms with Gasteiger partial charge in [-0.15, -0.1) is 0 Å². The highest BCUT2D eigenvalue weighted by Crippen LogP contribution is 2.32. The largest absolute Gasteiger partial charge is 0.289 e. The molecule has 0 fully saturated rings. The maximum Gasteiger partial charge on any atom is 0.266 e. The highest BCUT2D eigenvalue weighted by Gasteiger charge is 2.39. The molecule has 4 rings (SSSR count). The first kappa shape index (κ1) is 21.2. The highest BCUT2D eigenvalue weighted by atomic mass is 32.2. The number of nitrogens with one attached hydrogen (secondary N) is 1. The van der Waals surface area contributed by atoms with E-state index in [-0.39, 0.29) is 12.3 Å². The number of benzene rings is 3. The molecule has 7 heteroatoms. The van der Waals surface area contributed by atoms with Crippen LogP contribution in [0.4, 0.5) is 0 Å². The molecule has 1 amide bonds. The molecular formula is C24H24N2O4S. The maximum absolute atomic E-state index is 13.2. The minimum Gasteiger partial charge on any atom is -0.289 e. The van der Waals surface area contributed by atoms with Crippen LogP contribution in [0.25, 0.3) is 11.1 Å². The van der Waals surface area contributed by atoms with Crippen LogP contribution in [-0.2, 0) is 27.7 Å². The Bertz CT molecular complexity index is 1160. The van der Waals surface area contributed by atoms with Crippen molar-refractivity contribution >= 4 is 15.9 Å². The zero-order valence-corrected chi connectivity index (χ0v) is 17.8. The topological polar surface area (TPSA) is 86.7 Å². The molecule has 6 nitrogen and oxygen atoms in total. The van der Waals surface area contributed by atoms with E-state index < -0.39 is 22.0 Å². The molecule has 3 aromatic carbocycles. The molecule has 3 aromatic rings. The summed E-state index contributed by atoms with van der Waals surface area (Å²) in [4.78, 5) is 12.4. The van der Waals surface area contributed by atoms with Crippen LogP contribution >= 0.6 is 0 Å². The first-order valence-electron chi connectivity index (χ1n) is 10.2. The standard InChI is InChI=1S/C24H24N2O4S/c27-24(25-28)23-22-9-5-4-8-21(22)14-16-26(23)31(29,30)17-15-18-10-12-20(13-11-18)19-6-2-1-3-7-19/h1-13,23,28H,14-17H2,(H,25,27)/t23-/m1/s1. The minimum absolute atomic E-state index is 0.116. The van der Waals surface area contributed by atoms with E-state index in [1.54, 1.807) is 17.6 Å². The fourth-order valence-corrected chi connectivity index (χ4v) is 5.66. The summed E-state index contributed by atoms with van der Waals surface area (Å²) in [6.45, 7) is 0.199. The van der Waals surface area contributed by atoms with Crippen molar-refractivity contribution < 1.29 is 18.4 Å². The number of hydrogen-bond donors (Lipinski definition) is 2. The molecular weight excluding hydrogens is 412 g/mol. The third kappa shape index (κ3) is 4.54. The summed E-state index contributed by atoms with van der Waals surface area (Å²) < 4.78 is 27.5. The molecule has 1 aliphatic rings. The molecule has 0 aliphatic carbocycles. The van der Waals surface area contributed by atoms with Crippen LogP contribution in [0.3, 0.4) is 0 Å². The Balaban J connectivity index is 1.51. The predicted octanol–water partition coefficient (Wildman–Crippen LogP) is 3.33. The van der Waals surface area contributed by atoms with Crippen molar-refractivity contribution in [1.29, 1.82) is 0 Å². The van der Waals surface area contributed by atoms with Crippen LogP contribution in [0.2, 0.25) is 0 Å². The van der Waals surface area contributed by atoms with Crippen molar-refractivity contribution in [2.75, 3.05) is 12.3 Å². The molecule has 1 heterocycles. The van der Waals surface area contributed by atoms with Gasteiger partial charge >= 0.3 is 0 Å². The van der Waals surface area contributed by atoms with E-state index >= 15 is 0 Å². The zero-order chi connectivity index (χ0) is 21.8. The Hall–Kier alpha value is -3.00. The van der Waals surface area contributed by atoms with Crippen molar-refractivity contribution in [2.24, 2.45) is 0 Å². The van der Waals surface area contributed by atoms with E-state index in [2.05, 4.69) is 0 Å². The molecule has 0 unspecified atom stereocenters. The van der Waals surface area contributed by atoms with Gasteiger partial charge < -0.3 is 0 Å². The number of hydrogen-bond acceptors (Lipinski definition) is 4. The van der Waals surface area contributed by atoms with Crippen molar-refractivity contribution in [3.63, 3.8) is 0 Å². The Morgan fingerprint density at radius 3 is 2.29 bits per heavy atom. The van der Waals surface area contributed by atoms with Crippen molar-refractivity contribution in [3.05, 3.63) is 95.6 Å². The number of nitrogens with zero attached hydrogens (tertiary/aromatic N) is 1. The van der Waals surface area contributed by atoms with Gasteiger partial charge in [0, 0.05) is 6.54 Å². The number of amides is 1. The van der Waals surface area contributed by atoms with Crippen LogP contribution in [0.5, 0.6) is 0 Å². The summed E-state index contributed by atoms with van der Waals surface area (Å²) in [6.07, 6.45) is 0.861. The summed E-state index contributed by atoms with van der Waals surface area (Å²) in [5.74, 6) is -0.863. The van der Waals surface area contributed by atoms with E-state index in [0.29, 0.717) is 18.4 Å². The van der Waals surface area contributed by atoms with Crippen LogP contribution in [0.1, 0.15) is 22.7 Å². The molecule has 0 saturated carbocycles. The van der Waals surface area contributed by atoms with Gasteiger partial charge in [-0.05, 0) is 40.7 Å². The molecule has 0 spiro atoms. The van der Waals surface area contributed by atoms with Crippen LogP contribution < -0.4 is 5.48 Å². The molecule has 160 valence electrons. The van der Waals surface area contributed by atoms with Crippen LogP contribution in [0, 0.1) is 0 Å². The third-order valence-electron chi connectivity index (χ3n) is 5.66. The number of fused-ring (bicyclic) bond motifs is 1. The second-order valence-electron chi connectivity index (χ2n) is 7.57. The van der Waals surface area contributed by atoms with Gasteiger partial charge in [0.25, 0.3) is 5.91 Å². The smallest absolute Gasteiger partial charge is 0.266 e. The van der Waals surface area contributed by atoms with Gasteiger partial charge in [0.2, 0.25) is 10.0 Å². The number of hydroxylamine groups is 1. The Morgan fingerprint density at radius 2 is 1.58 bits per heavy atom. The quantitative estimate of drug-likeness (QED) is 0.458. The molecule has 1 aliphatic heterocycles. The molecule has 31 heavy (non-hydrogen) atoms. The molecule has 0 saturated heterocycles. The lowest BCUT2D eigenvalue weighted by molar-refractivity contribution is -0.133. The van der Waals surface area contributed by atoms with E-state index in [1.807, 2.05) is 66.7 Å². The van der Waals surface area contributed by atoms with Crippen molar-refractivity contribution in [1.82, 2.24) is 9.79 Å². The molecule has 0 radical (unpaired) electrons. The lowest BCUT2D eigenvalue weighted by Crippen LogP contribution is -2.47. The second-order valence-corrected chi connectivity index (χ2v) is 9.61. The second kappa shape index (κ2) is 9.01. The molecule has 0 aromatic heterocycles. The van der Waals surface area contributed by atoms with E-state index in [4.69, 9.17) is 0 Å². The van der Waals surface area contributed by atoms with Crippen LogP contribution in [-0.4, -0.2) is 36.1 Å². The zero-order valence-electron chi connectivity index (χ0n) is 16.9. The lowest BCUT2D eigenvalue weighted by Gasteiger charge is -2.34. The van der Waals surface area contributed by atoms with Crippen molar-refractivity contribution in [3.8, 4) is 11.1 Å². The van der Waals surface area contributed by atoms with Gasteiger partial charge in [-0.1, -0.05) is 78.9 Å². The van der Waals surface area contributed by atoms with Gasteiger partial charge in [-0.2, -0.15) is 4.31 Å². The first-order chi connectivity index (χ1) is 15.0. The summed E-state index contributed by atoms with van der Waals surface area (Å²) >= 11 is 0.